The molecule has 1 fully saturated rings. The number of nitrogens with one attached hydrogen (secondary N) is 1. The van der Waals surface area contributed by atoms with E-state index in [1.54, 1.807) is 0 Å². The molecule has 2 rings (SSSR count). The molecule has 1 saturated carbocycles. The summed E-state index contributed by atoms with van der Waals surface area (Å²) in [5, 5.41) is 4.95. The van der Waals surface area contributed by atoms with Crippen molar-refractivity contribution < 1.29 is 0 Å². The van der Waals surface area contributed by atoms with Gasteiger partial charge in [-0.3, -0.25) is 0 Å². The highest BCUT2D eigenvalue weighted by Crippen LogP contribution is 2.26. The van der Waals surface area contributed by atoms with Crippen molar-refractivity contribution in [2.75, 3.05) is 5.75 Å². The van der Waals surface area contributed by atoms with Gasteiger partial charge < -0.3 is 5.32 Å². The summed E-state index contributed by atoms with van der Waals surface area (Å²) in [6, 6.07) is 0.784. The predicted octanol–water partition coefficient (Wildman–Crippen LogP) is 4.24. The lowest BCUT2D eigenvalue weighted by Crippen LogP contribution is -2.15. The SMILES string of the molecule is CCCSCc1nc(CC(C)C)c(CNC2CC2)s1. The third kappa shape index (κ3) is 5.44. The number of hydrogen-bond acceptors (Lipinski definition) is 4. The molecule has 0 atom stereocenters. The summed E-state index contributed by atoms with van der Waals surface area (Å²) in [5.41, 5.74) is 1.35. The quantitative estimate of drug-likeness (QED) is 0.690. The van der Waals surface area contributed by atoms with Crippen LogP contribution in [0.2, 0.25) is 0 Å². The first-order chi connectivity index (χ1) is 9.19. The molecule has 2 nitrogen and oxygen atoms in total. The lowest BCUT2D eigenvalue weighted by molar-refractivity contribution is 0.623. The summed E-state index contributed by atoms with van der Waals surface area (Å²) in [7, 11) is 0. The standard InChI is InChI=1S/C15H26N2S2/c1-4-7-18-10-15-17-13(8-11(2)3)14(19-15)9-16-12-5-6-12/h11-12,16H,4-10H2,1-3H3. The van der Waals surface area contributed by atoms with Crippen LogP contribution in [0.3, 0.4) is 0 Å². The maximum atomic E-state index is 4.88. The van der Waals surface area contributed by atoms with Gasteiger partial charge in [0.15, 0.2) is 0 Å². The van der Waals surface area contributed by atoms with E-state index in [4.69, 9.17) is 4.98 Å². The average Bonchev–Trinajstić information content (AvgIpc) is 3.10. The Morgan fingerprint density at radius 3 is 2.84 bits per heavy atom. The van der Waals surface area contributed by atoms with Crippen LogP contribution in [0.25, 0.3) is 0 Å². The van der Waals surface area contributed by atoms with Crippen molar-refractivity contribution in [1.29, 1.82) is 0 Å². The molecule has 0 unspecified atom stereocenters. The van der Waals surface area contributed by atoms with Crippen LogP contribution in [0.5, 0.6) is 0 Å². The van der Waals surface area contributed by atoms with Crippen LogP contribution < -0.4 is 5.32 Å². The van der Waals surface area contributed by atoms with Gasteiger partial charge in [-0.15, -0.1) is 11.3 Å². The number of nitrogens with zero attached hydrogens (tertiary/aromatic N) is 1. The Balaban J connectivity index is 1.94. The van der Waals surface area contributed by atoms with E-state index in [0.29, 0.717) is 5.92 Å². The number of rotatable bonds is 9. The molecule has 0 amide bonds. The van der Waals surface area contributed by atoms with Gasteiger partial charge in [0.25, 0.3) is 0 Å². The smallest absolute Gasteiger partial charge is 0.103 e. The molecule has 1 aliphatic rings. The Hall–Kier alpha value is -0.0600. The summed E-state index contributed by atoms with van der Waals surface area (Å²) < 4.78 is 0. The largest absolute Gasteiger partial charge is 0.309 e. The highest BCUT2D eigenvalue weighted by atomic mass is 32.2. The highest BCUT2D eigenvalue weighted by molar-refractivity contribution is 7.98. The fourth-order valence-corrected chi connectivity index (χ4v) is 4.01. The van der Waals surface area contributed by atoms with Gasteiger partial charge in [-0.25, -0.2) is 4.98 Å². The maximum absolute atomic E-state index is 4.88. The van der Waals surface area contributed by atoms with Crippen LogP contribution >= 0.6 is 23.1 Å². The number of aromatic nitrogens is 1. The third-order valence-electron chi connectivity index (χ3n) is 3.13. The molecule has 1 aromatic rings. The van der Waals surface area contributed by atoms with Crippen LogP contribution in [0.1, 0.15) is 55.6 Å². The van der Waals surface area contributed by atoms with E-state index in [-0.39, 0.29) is 0 Å². The van der Waals surface area contributed by atoms with Crippen molar-refractivity contribution in [3.63, 3.8) is 0 Å². The van der Waals surface area contributed by atoms with Gasteiger partial charge in [-0.2, -0.15) is 11.8 Å². The third-order valence-corrected chi connectivity index (χ3v) is 5.58. The Kier molecular flexibility index (Phi) is 6.17. The average molecular weight is 299 g/mol. The molecule has 0 bridgehead atoms. The van der Waals surface area contributed by atoms with Crippen molar-refractivity contribution in [1.82, 2.24) is 10.3 Å². The van der Waals surface area contributed by atoms with Gasteiger partial charge in [0.1, 0.15) is 5.01 Å². The first kappa shape index (κ1) is 15.3. The van der Waals surface area contributed by atoms with Crippen LogP contribution in [0, 0.1) is 5.92 Å². The van der Waals surface area contributed by atoms with E-state index in [2.05, 4.69) is 26.1 Å². The second-order valence-corrected chi connectivity index (χ2v) is 8.06. The minimum atomic E-state index is 0.693. The second kappa shape index (κ2) is 7.65. The van der Waals surface area contributed by atoms with Crippen molar-refractivity contribution in [2.45, 2.75) is 64.8 Å². The lowest BCUT2D eigenvalue weighted by Gasteiger charge is -2.05. The summed E-state index contributed by atoms with van der Waals surface area (Å²) in [4.78, 5) is 6.36. The van der Waals surface area contributed by atoms with E-state index < -0.39 is 0 Å². The van der Waals surface area contributed by atoms with E-state index in [9.17, 15) is 0 Å². The van der Waals surface area contributed by atoms with Crippen molar-refractivity contribution in [3.05, 3.63) is 15.6 Å². The molecule has 4 heteroatoms. The molecule has 0 saturated heterocycles. The van der Waals surface area contributed by atoms with Crippen LogP contribution in [0.15, 0.2) is 0 Å². The Bertz CT molecular complexity index is 383. The van der Waals surface area contributed by atoms with Gasteiger partial charge in [0, 0.05) is 23.2 Å². The number of thioether (sulfide) groups is 1. The molecule has 0 aliphatic heterocycles. The number of hydrogen-bond donors (Lipinski definition) is 1. The summed E-state index contributed by atoms with van der Waals surface area (Å²) in [6.07, 6.45) is 5.09. The van der Waals surface area contributed by atoms with Gasteiger partial charge in [-0.05, 0) is 37.4 Å². The molecule has 108 valence electrons. The van der Waals surface area contributed by atoms with Gasteiger partial charge in [0.2, 0.25) is 0 Å². The Morgan fingerprint density at radius 1 is 1.42 bits per heavy atom. The zero-order chi connectivity index (χ0) is 13.7. The zero-order valence-electron chi connectivity index (χ0n) is 12.4. The maximum Gasteiger partial charge on any atom is 0.103 e. The van der Waals surface area contributed by atoms with E-state index in [1.807, 2.05) is 23.1 Å². The predicted molar refractivity (Wildman–Crippen MR) is 87.0 cm³/mol. The second-order valence-electron chi connectivity index (χ2n) is 5.78. The van der Waals surface area contributed by atoms with Crippen molar-refractivity contribution in [2.24, 2.45) is 5.92 Å². The molecule has 1 aromatic heterocycles. The normalized spacial score (nSPS) is 15.4. The topological polar surface area (TPSA) is 24.9 Å². The molecule has 1 N–H and O–H groups in total. The molecular formula is C15H26N2S2. The molecule has 0 aromatic carbocycles. The molecule has 19 heavy (non-hydrogen) atoms. The van der Waals surface area contributed by atoms with Crippen LogP contribution in [-0.2, 0) is 18.7 Å². The summed E-state index contributed by atoms with van der Waals surface area (Å²) >= 11 is 3.94. The molecule has 1 aliphatic carbocycles. The van der Waals surface area contributed by atoms with Crippen LogP contribution in [-0.4, -0.2) is 16.8 Å². The van der Waals surface area contributed by atoms with Gasteiger partial charge in [0.05, 0.1) is 5.69 Å². The molecule has 1 heterocycles. The summed E-state index contributed by atoms with van der Waals surface area (Å²) in [6.45, 7) is 7.83. The molecule has 0 spiro atoms. The minimum absolute atomic E-state index is 0.693. The first-order valence-corrected chi connectivity index (χ1v) is 9.44. The Morgan fingerprint density at radius 2 is 2.21 bits per heavy atom. The monoisotopic (exact) mass is 298 g/mol. The lowest BCUT2D eigenvalue weighted by atomic mass is 10.1. The van der Waals surface area contributed by atoms with Crippen molar-refractivity contribution in [3.8, 4) is 0 Å². The molecule has 0 radical (unpaired) electrons. The molecular weight excluding hydrogens is 272 g/mol. The fourth-order valence-electron chi connectivity index (χ4n) is 2.01. The van der Waals surface area contributed by atoms with E-state index in [0.717, 1.165) is 24.8 Å². The summed E-state index contributed by atoms with van der Waals surface area (Å²) in [5.74, 6) is 3.03. The van der Waals surface area contributed by atoms with Gasteiger partial charge >= 0.3 is 0 Å². The zero-order valence-corrected chi connectivity index (χ0v) is 14.0. The van der Waals surface area contributed by atoms with Crippen molar-refractivity contribution >= 4 is 23.1 Å². The minimum Gasteiger partial charge on any atom is -0.309 e. The fraction of sp³-hybridized carbons (Fsp3) is 0.800. The van der Waals surface area contributed by atoms with E-state index in [1.165, 1.54) is 40.6 Å². The number of thiazole rings is 1. The first-order valence-electron chi connectivity index (χ1n) is 7.47. The van der Waals surface area contributed by atoms with Crippen LogP contribution in [0.4, 0.5) is 0 Å². The van der Waals surface area contributed by atoms with E-state index >= 15 is 0 Å². The van der Waals surface area contributed by atoms with Gasteiger partial charge in [-0.1, -0.05) is 20.8 Å². The highest BCUT2D eigenvalue weighted by Gasteiger charge is 2.21. The Labute approximate surface area is 125 Å².